The Balaban J connectivity index is 2.19. The first-order valence-corrected chi connectivity index (χ1v) is 14.3. The van der Waals surface area contributed by atoms with Gasteiger partial charge in [-0.3, -0.25) is 0 Å². The molecule has 2 aromatic carbocycles. The number of halogens is 4. The fourth-order valence-electron chi connectivity index (χ4n) is 4.03. The molecule has 0 aromatic heterocycles. The molecule has 0 aliphatic carbocycles. The maximum Gasteiger partial charge on any atom is 0.425 e. The van der Waals surface area contributed by atoms with E-state index in [1.165, 1.54) is 18.2 Å². The number of carbonyl (C=O) groups excluding carboxylic acids is 2. The highest BCUT2D eigenvalue weighted by Gasteiger charge is 2.43. The predicted molar refractivity (Wildman–Crippen MR) is 147 cm³/mol. The molecular weight excluding hydrogens is 544 g/mol. The fraction of sp³-hybridized carbons (Fsp3) is 0.548. The standard InChI is InChI=1S/C31H40F4O6/c1-3-5-6-7-8-15-22-39-25-20-19-24(27(32)28(25)41-29(36)23-16-11-9-12-17-23)30(37)40-26(31(33,34)35)18-13-10-14-21-38-4-2/h9,11-12,16-17,19-20,26H,3-8,10,13-15,18,21-22H2,1-2H3/t26-/m1/s1. The third-order valence-corrected chi connectivity index (χ3v) is 6.31. The number of unbranched alkanes of at least 4 members (excludes halogenated alkanes) is 7. The van der Waals surface area contributed by atoms with E-state index < -0.39 is 47.8 Å². The molecule has 0 heterocycles. The quantitative estimate of drug-likeness (QED) is 0.0714. The van der Waals surface area contributed by atoms with Crippen molar-refractivity contribution in [2.75, 3.05) is 19.8 Å². The molecule has 0 unspecified atom stereocenters. The summed E-state index contributed by atoms with van der Waals surface area (Å²) in [4.78, 5) is 25.4. The Hall–Kier alpha value is -3.14. The van der Waals surface area contributed by atoms with Crippen LogP contribution in [0.5, 0.6) is 11.5 Å². The van der Waals surface area contributed by atoms with Crippen molar-refractivity contribution < 1.29 is 46.1 Å². The fourth-order valence-corrected chi connectivity index (χ4v) is 4.03. The van der Waals surface area contributed by atoms with Crippen molar-refractivity contribution in [1.82, 2.24) is 0 Å². The minimum atomic E-state index is -4.84. The van der Waals surface area contributed by atoms with Crippen LogP contribution in [0.15, 0.2) is 42.5 Å². The van der Waals surface area contributed by atoms with Gasteiger partial charge < -0.3 is 18.9 Å². The zero-order valence-electron chi connectivity index (χ0n) is 23.8. The zero-order valence-corrected chi connectivity index (χ0v) is 23.8. The summed E-state index contributed by atoms with van der Waals surface area (Å²) in [5.74, 6) is -4.59. The van der Waals surface area contributed by atoms with Gasteiger partial charge in [-0.25, -0.2) is 14.0 Å². The summed E-state index contributed by atoms with van der Waals surface area (Å²) in [6.45, 7) is 5.07. The first-order valence-electron chi connectivity index (χ1n) is 14.3. The summed E-state index contributed by atoms with van der Waals surface area (Å²) in [6, 6.07) is 9.94. The molecule has 0 amide bonds. The molecule has 10 heteroatoms. The second-order valence-corrected chi connectivity index (χ2v) is 9.61. The van der Waals surface area contributed by atoms with Crippen molar-refractivity contribution in [2.45, 2.75) is 90.3 Å². The SMILES string of the molecule is CCCCCCCCOc1ccc(C(=O)O[C@H](CCCCCOCC)C(F)(F)F)c(F)c1OC(=O)c1ccccc1. The summed E-state index contributed by atoms with van der Waals surface area (Å²) in [5, 5.41) is 0. The van der Waals surface area contributed by atoms with Gasteiger partial charge in [0, 0.05) is 13.2 Å². The number of ether oxygens (including phenoxy) is 4. The smallest absolute Gasteiger partial charge is 0.425 e. The number of alkyl halides is 3. The van der Waals surface area contributed by atoms with Crippen LogP contribution < -0.4 is 9.47 Å². The third kappa shape index (κ3) is 12.1. The molecule has 0 spiro atoms. The lowest BCUT2D eigenvalue weighted by Gasteiger charge is -2.21. The van der Waals surface area contributed by atoms with E-state index in [0.29, 0.717) is 32.5 Å². The topological polar surface area (TPSA) is 71.1 Å². The lowest BCUT2D eigenvalue weighted by molar-refractivity contribution is -0.206. The summed E-state index contributed by atoms with van der Waals surface area (Å²) < 4.78 is 77.3. The molecule has 0 bridgehead atoms. The normalized spacial score (nSPS) is 12.1. The lowest BCUT2D eigenvalue weighted by Crippen LogP contribution is -2.34. The Morgan fingerprint density at radius 3 is 2.15 bits per heavy atom. The van der Waals surface area contributed by atoms with Crippen LogP contribution in [0.4, 0.5) is 17.6 Å². The first-order chi connectivity index (χ1) is 19.7. The summed E-state index contributed by atoms with van der Waals surface area (Å²) in [5.41, 5.74) is -0.679. The second kappa shape index (κ2) is 18.3. The van der Waals surface area contributed by atoms with Crippen LogP contribution in [0, 0.1) is 5.82 Å². The van der Waals surface area contributed by atoms with Gasteiger partial charge in [0.2, 0.25) is 5.75 Å². The van der Waals surface area contributed by atoms with Gasteiger partial charge in [0.05, 0.1) is 17.7 Å². The van der Waals surface area contributed by atoms with Crippen molar-refractivity contribution in [1.29, 1.82) is 0 Å². The molecule has 2 rings (SSSR count). The second-order valence-electron chi connectivity index (χ2n) is 9.61. The van der Waals surface area contributed by atoms with Crippen molar-refractivity contribution in [3.8, 4) is 11.5 Å². The molecule has 0 aliphatic rings. The van der Waals surface area contributed by atoms with E-state index in [4.69, 9.17) is 18.9 Å². The monoisotopic (exact) mass is 584 g/mol. The highest BCUT2D eigenvalue weighted by Crippen LogP contribution is 2.35. The highest BCUT2D eigenvalue weighted by molar-refractivity contribution is 5.93. The molecule has 0 radical (unpaired) electrons. The van der Waals surface area contributed by atoms with Crippen molar-refractivity contribution in [3.05, 3.63) is 59.4 Å². The number of carbonyl (C=O) groups is 2. The summed E-state index contributed by atoms with van der Waals surface area (Å²) in [7, 11) is 0. The molecule has 41 heavy (non-hydrogen) atoms. The molecule has 1 atom stereocenters. The minimum Gasteiger partial charge on any atom is -0.490 e. The van der Waals surface area contributed by atoms with Crippen LogP contribution in [0.25, 0.3) is 0 Å². The number of rotatable bonds is 19. The van der Waals surface area contributed by atoms with Gasteiger partial charge in [-0.15, -0.1) is 0 Å². The number of esters is 2. The van der Waals surface area contributed by atoms with E-state index in [1.54, 1.807) is 18.2 Å². The van der Waals surface area contributed by atoms with E-state index in [-0.39, 0.29) is 24.3 Å². The van der Waals surface area contributed by atoms with Gasteiger partial charge in [0.1, 0.15) is 0 Å². The maximum absolute atomic E-state index is 15.6. The first kappa shape index (κ1) is 34.1. The van der Waals surface area contributed by atoms with Gasteiger partial charge in [-0.05, 0) is 56.9 Å². The number of hydrogen-bond acceptors (Lipinski definition) is 6. The Labute approximate surface area is 239 Å². The van der Waals surface area contributed by atoms with E-state index in [1.807, 2.05) is 6.92 Å². The van der Waals surface area contributed by atoms with Crippen LogP contribution in [0.1, 0.15) is 98.8 Å². The van der Waals surface area contributed by atoms with Crippen LogP contribution in [0.2, 0.25) is 0 Å². The third-order valence-electron chi connectivity index (χ3n) is 6.31. The van der Waals surface area contributed by atoms with Gasteiger partial charge in [-0.2, -0.15) is 13.2 Å². The van der Waals surface area contributed by atoms with Gasteiger partial charge in [0.25, 0.3) is 0 Å². The number of hydrogen-bond donors (Lipinski definition) is 0. The average molecular weight is 585 g/mol. The van der Waals surface area contributed by atoms with E-state index in [0.717, 1.165) is 38.2 Å². The average Bonchev–Trinajstić information content (AvgIpc) is 2.95. The van der Waals surface area contributed by atoms with Crippen LogP contribution in [0.3, 0.4) is 0 Å². The van der Waals surface area contributed by atoms with Gasteiger partial charge >= 0.3 is 18.1 Å². The Morgan fingerprint density at radius 1 is 0.805 bits per heavy atom. The van der Waals surface area contributed by atoms with E-state index in [9.17, 15) is 22.8 Å². The molecular formula is C31H40F4O6. The molecule has 0 fully saturated rings. The molecule has 2 aromatic rings. The van der Waals surface area contributed by atoms with Crippen molar-refractivity contribution >= 4 is 11.9 Å². The Kier molecular flexibility index (Phi) is 15.2. The van der Waals surface area contributed by atoms with Crippen LogP contribution in [-0.2, 0) is 9.47 Å². The minimum absolute atomic E-state index is 0.114. The Bertz CT molecular complexity index is 1060. The van der Waals surface area contributed by atoms with Gasteiger partial charge in [-0.1, -0.05) is 63.6 Å². The predicted octanol–water partition coefficient (Wildman–Crippen LogP) is 8.47. The van der Waals surface area contributed by atoms with E-state index >= 15 is 4.39 Å². The molecule has 6 nitrogen and oxygen atoms in total. The molecule has 0 aliphatic heterocycles. The van der Waals surface area contributed by atoms with Crippen molar-refractivity contribution in [3.63, 3.8) is 0 Å². The van der Waals surface area contributed by atoms with E-state index in [2.05, 4.69) is 6.92 Å². The highest BCUT2D eigenvalue weighted by atomic mass is 19.4. The van der Waals surface area contributed by atoms with Crippen molar-refractivity contribution in [2.24, 2.45) is 0 Å². The zero-order chi connectivity index (χ0) is 30.1. The molecule has 0 saturated carbocycles. The van der Waals surface area contributed by atoms with Gasteiger partial charge in [0.15, 0.2) is 17.7 Å². The molecule has 0 saturated heterocycles. The summed E-state index contributed by atoms with van der Waals surface area (Å²) in [6.07, 6.45) is -0.681. The maximum atomic E-state index is 15.6. The molecule has 0 N–H and O–H groups in total. The largest absolute Gasteiger partial charge is 0.490 e. The van der Waals surface area contributed by atoms with Crippen LogP contribution >= 0.6 is 0 Å². The molecule has 228 valence electrons. The number of benzene rings is 2. The lowest BCUT2D eigenvalue weighted by atomic mass is 10.1. The van der Waals surface area contributed by atoms with Crippen LogP contribution in [-0.4, -0.2) is 44.0 Å². The summed E-state index contributed by atoms with van der Waals surface area (Å²) >= 11 is 0. The Morgan fingerprint density at radius 2 is 1.46 bits per heavy atom.